The van der Waals surface area contributed by atoms with Gasteiger partial charge in [0.2, 0.25) is 0 Å². The first kappa shape index (κ1) is 26.9. The Kier molecular flexibility index (Phi) is 7.50. The second-order valence-corrected chi connectivity index (χ2v) is 11.9. The van der Waals surface area contributed by atoms with Gasteiger partial charge in [0.25, 0.3) is 0 Å². The maximum absolute atomic E-state index is 14.0. The highest BCUT2D eigenvalue weighted by molar-refractivity contribution is 7.92. The summed E-state index contributed by atoms with van der Waals surface area (Å²) in [4.78, 5) is 23.3. The Labute approximate surface area is 225 Å². The van der Waals surface area contributed by atoms with Gasteiger partial charge in [0.1, 0.15) is 23.1 Å². The topological polar surface area (TPSA) is 114 Å². The summed E-state index contributed by atoms with van der Waals surface area (Å²) in [6.45, 7) is 2.85. The number of nitrogens with one attached hydrogen (secondary N) is 2. The molecule has 0 unspecified atom stereocenters. The van der Waals surface area contributed by atoms with Crippen LogP contribution in [0.5, 0.6) is 0 Å². The Morgan fingerprint density at radius 3 is 2.59 bits per heavy atom. The summed E-state index contributed by atoms with van der Waals surface area (Å²) in [6, 6.07) is 13.0. The normalized spacial score (nSPS) is 18.4. The molecule has 2 aliphatic rings. The van der Waals surface area contributed by atoms with Gasteiger partial charge in [-0.15, -0.1) is 0 Å². The number of rotatable bonds is 8. The van der Waals surface area contributed by atoms with Crippen LogP contribution in [0, 0.1) is 5.82 Å². The van der Waals surface area contributed by atoms with Gasteiger partial charge in [-0.25, -0.2) is 32.0 Å². The van der Waals surface area contributed by atoms with Crippen molar-refractivity contribution < 1.29 is 26.7 Å². The third-order valence-corrected chi connectivity index (χ3v) is 9.47. The summed E-state index contributed by atoms with van der Waals surface area (Å²) >= 11 is 0. The number of carbonyl (C=O) groups is 1. The van der Waals surface area contributed by atoms with Crippen LogP contribution in [-0.2, 0) is 19.3 Å². The van der Waals surface area contributed by atoms with Crippen molar-refractivity contribution in [3.8, 4) is 11.4 Å². The molecule has 2 N–H and O–H groups in total. The van der Waals surface area contributed by atoms with E-state index in [4.69, 9.17) is 14.7 Å². The summed E-state index contributed by atoms with van der Waals surface area (Å²) in [7, 11) is -3.95. The van der Waals surface area contributed by atoms with E-state index in [9.17, 15) is 22.0 Å². The molecule has 39 heavy (non-hydrogen) atoms. The number of urea groups is 1. The van der Waals surface area contributed by atoms with E-state index >= 15 is 0 Å². The fourth-order valence-electron chi connectivity index (χ4n) is 4.69. The molecule has 2 aromatic carbocycles. The van der Waals surface area contributed by atoms with E-state index in [1.165, 1.54) is 18.2 Å². The van der Waals surface area contributed by atoms with Crippen LogP contribution >= 0.6 is 0 Å². The molecule has 5 rings (SSSR count). The largest absolute Gasteiger partial charge is 0.377 e. The third kappa shape index (κ3) is 5.44. The van der Waals surface area contributed by atoms with Gasteiger partial charge in [-0.3, -0.25) is 0 Å². The van der Waals surface area contributed by atoms with Crippen LogP contribution in [0.15, 0.2) is 59.5 Å². The van der Waals surface area contributed by atoms with E-state index in [1.807, 2.05) is 6.92 Å². The first-order chi connectivity index (χ1) is 18.7. The van der Waals surface area contributed by atoms with Crippen LogP contribution in [0.2, 0.25) is 0 Å². The number of morpholine rings is 1. The smallest absolute Gasteiger partial charge is 0.319 e. The highest BCUT2D eigenvalue weighted by Crippen LogP contribution is 2.55. The van der Waals surface area contributed by atoms with Gasteiger partial charge in [0.15, 0.2) is 15.7 Å². The maximum atomic E-state index is 14.0. The molecular formula is C27H29F2N5O4S. The van der Waals surface area contributed by atoms with E-state index in [2.05, 4.69) is 15.5 Å². The number of benzene rings is 2. The SMILES string of the molecule is C[C@H]1COCCN1c1cc(C2(S(=O)(=O)c3cccc(F)c3)CC2)nc(-c2ccc(NC(=O)NCCF)cc2)n1. The minimum atomic E-state index is -3.95. The van der Waals surface area contributed by atoms with Crippen LogP contribution in [-0.4, -0.2) is 63.4 Å². The van der Waals surface area contributed by atoms with Crippen molar-refractivity contribution in [1.82, 2.24) is 15.3 Å². The zero-order chi connectivity index (χ0) is 27.6. The van der Waals surface area contributed by atoms with Crippen molar-refractivity contribution in [2.45, 2.75) is 35.4 Å². The summed E-state index contributed by atoms with van der Waals surface area (Å²) in [5, 5.41) is 5.01. The number of carbonyl (C=O) groups excluding carboxylic acids is 1. The van der Waals surface area contributed by atoms with Gasteiger partial charge in [-0.05, 0) is 62.2 Å². The van der Waals surface area contributed by atoms with Crippen molar-refractivity contribution in [3.05, 3.63) is 66.1 Å². The first-order valence-corrected chi connectivity index (χ1v) is 14.2. The molecule has 2 amide bonds. The Hall–Kier alpha value is -3.64. The molecule has 1 atom stereocenters. The summed E-state index contributed by atoms with van der Waals surface area (Å²) in [5.74, 6) is 0.291. The lowest BCUT2D eigenvalue weighted by molar-refractivity contribution is 0.0985. The number of aromatic nitrogens is 2. The number of halogens is 2. The Morgan fingerprint density at radius 1 is 1.15 bits per heavy atom. The molecule has 9 nitrogen and oxygen atoms in total. The van der Waals surface area contributed by atoms with Gasteiger partial charge in [0, 0.05) is 30.4 Å². The summed E-state index contributed by atoms with van der Waals surface area (Å²) < 4.78 is 58.1. The number of sulfone groups is 1. The van der Waals surface area contributed by atoms with Crippen LogP contribution in [0.3, 0.4) is 0 Å². The third-order valence-electron chi connectivity index (χ3n) is 6.95. The zero-order valence-electron chi connectivity index (χ0n) is 21.4. The molecule has 2 fully saturated rings. The van der Waals surface area contributed by atoms with E-state index in [0.717, 1.165) is 6.07 Å². The highest BCUT2D eigenvalue weighted by Gasteiger charge is 2.58. The Balaban J connectivity index is 1.54. The Morgan fingerprint density at radius 2 is 1.92 bits per heavy atom. The molecule has 1 aromatic heterocycles. The predicted molar refractivity (Wildman–Crippen MR) is 143 cm³/mol. The fraction of sp³-hybridized carbons (Fsp3) is 0.370. The first-order valence-electron chi connectivity index (χ1n) is 12.7. The van der Waals surface area contributed by atoms with E-state index in [1.54, 1.807) is 30.3 Å². The maximum Gasteiger partial charge on any atom is 0.319 e. The molecule has 12 heteroatoms. The van der Waals surface area contributed by atoms with Crippen LogP contribution in [0.25, 0.3) is 11.4 Å². The molecule has 1 saturated carbocycles. The molecule has 1 aliphatic carbocycles. The van der Waals surface area contributed by atoms with Gasteiger partial charge in [-0.2, -0.15) is 0 Å². The lowest BCUT2D eigenvalue weighted by atomic mass is 10.1. The standard InChI is InChI=1S/C27H29F2N5O4S/c1-18-17-38-14-13-34(18)24-16-23(27(9-10-27)39(36,37)22-4-2-3-20(29)15-22)32-25(33-24)19-5-7-21(8-6-19)31-26(35)30-12-11-28/h2-8,15-16,18H,9-14,17H2,1H3,(H2,30,31,35)/t18-/m0/s1. The predicted octanol–water partition coefficient (Wildman–Crippen LogP) is 4.06. The number of hydrogen-bond donors (Lipinski definition) is 2. The lowest BCUT2D eigenvalue weighted by Crippen LogP contribution is -2.44. The molecule has 0 radical (unpaired) electrons. The van der Waals surface area contributed by atoms with Crippen molar-refractivity contribution in [2.75, 3.05) is 43.2 Å². The number of amides is 2. The molecule has 1 saturated heterocycles. The molecule has 2 heterocycles. The molecule has 1 aliphatic heterocycles. The van der Waals surface area contributed by atoms with E-state index < -0.39 is 33.1 Å². The number of alkyl halides is 1. The minimum Gasteiger partial charge on any atom is -0.377 e. The number of nitrogens with zero attached hydrogens (tertiary/aromatic N) is 3. The molecule has 0 bridgehead atoms. The van der Waals surface area contributed by atoms with Crippen LogP contribution < -0.4 is 15.5 Å². The molecule has 206 valence electrons. The number of hydrogen-bond acceptors (Lipinski definition) is 7. The van der Waals surface area contributed by atoms with Gasteiger partial charge >= 0.3 is 6.03 Å². The second kappa shape index (κ2) is 10.9. The average molecular weight is 558 g/mol. The number of ether oxygens (including phenoxy) is 1. The lowest BCUT2D eigenvalue weighted by Gasteiger charge is -2.34. The molecular weight excluding hydrogens is 528 g/mol. The van der Waals surface area contributed by atoms with Gasteiger partial charge in [-0.1, -0.05) is 6.07 Å². The second-order valence-electron chi connectivity index (χ2n) is 9.65. The quantitative estimate of drug-likeness (QED) is 0.429. The molecule has 3 aromatic rings. The monoisotopic (exact) mass is 557 g/mol. The van der Waals surface area contributed by atoms with Crippen LogP contribution in [0.4, 0.5) is 25.1 Å². The minimum absolute atomic E-state index is 0.0127. The van der Waals surface area contributed by atoms with Crippen molar-refractivity contribution in [1.29, 1.82) is 0 Å². The summed E-state index contributed by atoms with van der Waals surface area (Å²) in [5.41, 5.74) is 1.46. The van der Waals surface area contributed by atoms with Crippen molar-refractivity contribution in [2.24, 2.45) is 0 Å². The zero-order valence-corrected chi connectivity index (χ0v) is 22.2. The number of anilines is 2. The average Bonchev–Trinajstić information content (AvgIpc) is 3.75. The van der Waals surface area contributed by atoms with E-state index in [-0.39, 0.29) is 17.5 Å². The summed E-state index contributed by atoms with van der Waals surface area (Å²) in [6.07, 6.45) is 0.717. The fourth-order valence-corrected chi connectivity index (χ4v) is 6.68. The van der Waals surface area contributed by atoms with Crippen LogP contribution in [0.1, 0.15) is 25.5 Å². The van der Waals surface area contributed by atoms with Gasteiger partial charge < -0.3 is 20.3 Å². The van der Waals surface area contributed by atoms with Crippen molar-refractivity contribution >= 4 is 27.4 Å². The van der Waals surface area contributed by atoms with Gasteiger partial charge in [0.05, 0.1) is 29.8 Å². The Bertz CT molecular complexity index is 1470. The van der Waals surface area contributed by atoms with Crippen molar-refractivity contribution in [3.63, 3.8) is 0 Å². The highest BCUT2D eigenvalue weighted by atomic mass is 32.2. The molecule has 0 spiro atoms. The van der Waals surface area contributed by atoms with E-state index in [0.29, 0.717) is 61.2 Å².